The number of ether oxygens (including phenoxy) is 1. The minimum Gasteiger partial charge on any atom is -0.378 e. The molecule has 2 aliphatic heterocycles. The number of morpholine rings is 1. The van der Waals surface area contributed by atoms with Gasteiger partial charge in [-0.2, -0.15) is 0 Å². The van der Waals surface area contributed by atoms with E-state index in [4.69, 9.17) is 4.74 Å². The summed E-state index contributed by atoms with van der Waals surface area (Å²) in [5.74, 6) is -0.110. The summed E-state index contributed by atoms with van der Waals surface area (Å²) in [5, 5.41) is 8.70. The van der Waals surface area contributed by atoms with Crippen molar-refractivity contribution in [1.29, 1.82) is 0 Å². The van der Waals surface area contributed by atoms with Crippen molar-refractivity contribution in [2.24, 2.45) is 0 Å². The molecule has 21 heavy (non-hydrogen) atoms. The van der Waals surface area contributed by atoms with Crippen LogP contribution in [-0.4, -0.2) is 50.8 Å². The number of carbonyl (C=O) groups excluding carboxylic acids is 2. The number of rotatable bonds is 3. The summed E-state index contributed by atoms with van der Waals surface area (Å²) in [6.07, 6.45) is 0. The Labute approximate surface area is 122 Å². The lowest BCUT2D eigenvalue weighted by atomic mass is 10.2. The number of amides is 3. The molecule has 2 aliphatic rings. The maximum atomic E-state index is 12.0. The highest BCUT2D eigenvalue weighted by atomic mass is 16.5. The third-order valence-corrected chi connectivity index (χ3v) is 3.54. The zero-order valence-corrected chi connectivity index (χ0v) is 11.6. The van der Waals surface area contributed by atoms with Crippen LogP contribution >= 0.6 is 0 Å². The van der Waals surface area contributed by atoms with Gasteiger partial charge in [0, 0.05) is 31.0 Å². The molecule has 112 valence electrons. The van der Waals surface area contributed by atoms with Crippen molar-refractivity contribution in [2.75, 3.05) is 43.1 Å². The van der Waals surface area contributed by atoms with Crippen LogP contribution in [-0.2, 0) is 9.53 Å². The molecule has 0 spiro atoms. The van der Waals surface area contributed by atoms with Crippen LogP contribution in [0.15, 0.2) is 24.3 Å². The fraction of sp³-hybridized carbons (Fsp3) is 0.429. The van der Waals surface area contributed by atoms with Crippen LogP contribution < -0.4 is 20.9 Å². The van der Waals surface area contributed by atoms with Gasteiger partial charge in [-0.15, -0.1) is 0 Å². The van der Waals surface area contributed by atoms with Crippen LogP contribution in [0.3, 0.4) is 0 Å². The van der Waals surface area contributed by atoms with Gasteiger partial charge < -0.3 is 20.7 Å². The van der Waals surface area contributed by atoms with E-state index >= 15 is 0 Å². The molecule has 0 radical (unpaired) electrons. The second kappa shape index (κ2) is 6.11. The molecule has 0 aliphatic carbocycles. The van der Waals surface area contributed by atoms with E-state index in [2.05, 4.69) is 16.0 Å². The monoisotopic (exact) mass is 290 g/mol. The summed E-state index contributed by atoms with van der Waals surface area (Å²) in [6.45, 7) is 3.02. The summed E-state index contributed by atoms with van der Waals surface area (Å²) < 4.78 is 5.26. The van der Waals surface area contributed by atoms with E-state index in [1.807, 2.05) is 12.1 Å². The van der Waals surface area contributed by atoms with Crippen molar-refractivity contribution in [3.8, 4) is 0 Å². The Morgan fingerprint density at radius 1 is 1.29 bits per heavy atom. The number of anilines is 2. The van der Waals surface area contributed by atoms with E-state index < -0.39 is 0 Å². The second-order valence-corrected chi connectivity index (χ2v) is 5.00. The fourth-order valence-corrected chi connectivity index (χ4v) is 2.41. The number of nitrogens with zero attached hydrogens (tertiary/aromatic N) is 1. The maximum absolute atomic E-state index is 12.0. The van der Waals surface area contributed by atoms with Crippen molar-refractivity contribution in [1.82, 2.24) is 10.6 Å². The first-order valence-corrected chi connectivity index (χ1v) is 7.01. The zero-order valence-electron chi connectivity index (χ0n) is 11.6. The molecule has 2 saturated heterocycles. The molecule has 3 rings (SSSR count). The van der Waals surface area contributed by atoms with Crippen LogP contribution in [0.1, 0.15) is 0 Å². The Morgan fingerprint density at radius 3 is 2.71 bits per heavy atom. The SMILES string of the molecule is O=C(Nc1ccc(N2CCNC2=O)cc1)C1COCCN1. The molecule has 2 heterocycles. The van der Waals surface area contributed by atoms with E-state index in [1.54, 1.807) is 17.0 Å². The Bertz CT molecular complexity index is 526. The third-order valence-electron chi connectivity index (χ3n) is 3.54. The normalized spacial score (nSPS) is 22.0. The van der Waals surface area contributed by atoms with Gasteiger partial charge in [0.2, 0.25) is 5.91 Å². The number of hydrogen-bond acceptors (Lipinski definition) is 4. The topological polar surface area (TPSA) is 82.7 Å². The molecule has 3 N–H and O–H groups in total. The number of nitrogens with one attached hydrogen (secondary N) is 3. The van der Waals surface area contributed by atoms with Crippen molar-refractivity contribution >= 4 is 23.3 Å². The van der Waals surface area contributed by atoms with E-state index in [-0.39, 0.29) is 18.0 Å². The molecule has 3 amide bonds. The number of hydrogen-bond donors (Lipinski definition) is 3. The molecular formula is C14H18N4O3. The first-order valence-electron chi connectivity index (χ1n) is 7.01. The molecule has 1 aromatic rings. The molecule has 1 unspecified atom stereocenters. The summed E-state index contributed by atoms with van der Waals surface area (Å²) in [6, 6.07) is 6.83. The van der Waals surface area contributed by atoms with E-state index in [0.717, 1.165) is 5.69 Å². The lowest BCUT2D eigenvalue weighted by Crippen LogP contribution is -2.48. The number of benzene rings is 1. The highest BCUT2D eigenvalue weighted by molar-refractivity contribution is 5.96. The lowest BCUT2D eigenvalue weighted by Gasteiger charge is -2.23. The molecule has 1 atom stereocenters. The summed E-state index contributed by atoms with van der Waals surface area (Å²) >= 11 is 0. The van der Waals surface area contributed by atoms with E-state index in [0.29, 0.717) is 38.5 Å². The maximum Gasteiger partial charge on any atom is 0.321 e. The van der Waals surface area contributed by atoms with Gasteiger partial charge in [0.25, 0.3) is 0 Å². The Morgan fingerprint density at radius 2 is 2.10 bits per heavy atom. The average molecular weight is 290 g/mol. The molecule has 7 nitrogen and oxygen atoms in total. The Balaban J connectivity index is 1.61. The predicted molar refractivity (Wildman–Crippen MR) is 78.4 cm³/mol. The van der Waals surface area contributed by atoms with Gasteiger partial charge in [0.1, 0.15) is 6.04 Å². The quantitative estimate of drug-likeness (QED) is 0.739. The van der Waals surface area contributed by atoms with Crippen molar-refractivity contribution < 1.29 is 14.3 Å². The standard InChI is InChI=1S/C14H18N4O3/c19-13(12-9-21-8-6-15-12)17-10-1-3-11(4-2-10)18-7-5-16-14(18)20/h1-4,12,15H,5-9H2,(H,16,20)(H,17,19). The molecule has 7 heteroatoms. The Hall–Kier alpha value is -2.12. The molecule has 1 aromatic carbocycles. The first kappa shape index (κ1) is 13.8. The van der Waals surface area contributed by atoms with Crippen molar-refractivity contribution in [3.63, 3.8) is 0 Å². The van der Waals surface area contributed by atoms with Crippen molar-refractivity contribution in [2.45, 2.75) is 6.04 Å². The van der Waals surface area contributed by atoms with Gasteiger partial charge in [-0.3, -0.25) is 9.69 Å². The minimum atomic E-state index is -0.317. The van der Waals surface area contributed by atoms with Gasteiger partial charge in [0.15, 0.2) is 0 Å². The second-order valence-electron chi connectivity index (χ2n) is 5.00. The van der Waals surface area contributed by atoms with Crippen LogP contribution in [0.4, 0.5) is 16.2 Å². The molecular weight excluding hydrogens is 272 g/mol. The predicted octanol–water partition coefficient (Wildman–Crippen LogP) is 0.143. The molecule has 0 saturated carbocycles. The van der Waals surface area contributed by atoms with Crippen molar-refractivity contribution in [3.05, 3.63) is 24.3 Å². The zero-order chi connectivity index (χ0) is 14.7. The van der Waals surface area contributed by atoms with Crippen LogP contribution in [0.5, 0.6) is 0 Å². The van der Waals surface area contributed by atoms with Gasteiger partial charge in [0.05, 0.1) is 13.2 Å². The molecule has 0 bridgehead atoms. The van der Waals surface area contributed by atoms with Gasteiger partial charge in [-0.1, -0.05) is 0 Å². The average Bonchev–Trinajstić information content (AvgIpc) is 2.95. The summed E-state index contributed by atoms with van der Waals surface area (Å²) in [5.41, 5.74) is 1.53. The summed E-state index contributed by atoms with van der Waals surface area (Å²) in [4.78, 5) is 25.3. The van der Waals surface area contributed by atoms with E-state index in [9.17, 15) is 9.59 Å². The highest BCUT2D eigenvalue weighted by Gasteiger charge is 2.22. The lowest BCUT2D eigenvalue weighted by molar-refractivity contribution is -0.120. The number of urea groups is 1. The largest absolute Gasteiger partial charge is 0.378 e. The fourth-order valence-electron chi connectivity index (χ4n) is 2.41. The smallest absolute Gasteiger partial charge is 0.321 e. The third kappa shape index (κ3) is 3.14. The Kier molecular flexibility index (Phi) is 4.03. The highest BCUT2D eigenvalue weighted by Crippen LogP contribution is 2.19. The van der Waals surface area contributed by atoms with Crippen LogP contribution in [0.25, 0.3) is 0 Å². The summed E-state index contributed by atoms with van der Waals surface area (Å²) in [7, 11) is 0. The first-order chi connectivity index (χ1) is 10.2. The van der Waals surface area contributed by atoms with Gasteiger partial charge >= 0.3 is 6.03 Å². The van der Waals surface area contributed by atoms with Gasteiger partial charge in [-0.05, 0) is 24.3 Å². The van der Waals surface area contributed by atoms with Gasteiger partial charge in [-0.25, -0.2) is 4.79 Å². The van der Waals surface area contributed by atoms with E-state index in [1.165, 1.54) is 0 Å². The molecule has 0 aromatic heterocycles. The number of carbonyl (C=O) groups is 2. The van der Waals surface area contributed by atoms with Crippen LogP contribution in [0.2, 0.25) is 0 Å². The van der Waals surface area contributed by atoms with Crippen LogP contribution in [0, 0.1) is 0 Å². The molecule has 2 fully saturated rings. The minimum absolute atomic E-state index is 0.0876.